The van der Waals surface area contributed by atoms with Crippen molar-refractivity contribution in [1.82, 2.24) is 9.80 Å². The van der Waals surface area contributed by atoms with E-state index < -0.39 is 9.85 Å². The van der Waals surface area contributed by atoms with E-state index in [2.05, 4.69) is 9.80 Å². The molecule has 26 heavy (non-hydrogen) atoms. The zero-order chi connectivity index (χ0) is 17.8. The highest BCUT2D eigenvalue weighted by atomic mass is 79.9. The molecule has 2 aromatic carbocycles. The predicted molar refractivity (Wildman–Crippen MR) is 102 cm³/mol. The van der Waals surface area contributed by atoms with E-state index >= 15 is 0 Å². The van der Waals surface area contributed by atoms with Gasteiger partial charge in [0.05, 0.1) is 16.5 Å². The molecule has 0 aromatic heterocycles. The molecule has 1 aliphatic heterocycles. The van der Waals surface area contributed by atoms with Crippen LogP contribution < -0.4 is 0 Å². The second-order valence-corrected chi connectivity index (χ2v) is 5.78. The monoisotopic (exact) mass is 420 g/mol. The molecule has 0 aliphatic carbocycles. The fourth-order valence-corrected chi connectivity index (χ4v) is 2.64. The molecule has 8 nitrogen and oxygen atoms in total. The summed E-state index contributed by atoms with van der Waals surface area (Å²) in [5, 5.41) is 21.3. The molecule has 0 saturated heterocycles. The number of nitro groups is 2. The number of benzene rings is 2. The molecule has 1 aliphatic rings. The molecule has 0 spiro atoms. The molecule has 0 saturated carbocycles. The van der Waals surface area contributed by atoms with Gasteiger partial charge in [-0.2, -0.15) is 0 Å². The van der Waals surface area contributed by atoms with Gasteiger partial charge in [-0.15, -0.1) is 17.0 Å². The molecule has 0 bridgehead atoms. The quantitative estimate of drug-likeness (QED) is 0.520. The minimum absolute atomic E-state index is 0. The van der Waals surface area contributed by atoms with Crippen molar-refractivity contribution < 1.29 is 9.85 Å². The summed E-state index contributed by atoms with van der Waals surface area (Å²) in [6.45, 7) is 2.00. The van der Waals surface area contributed by atoms with Crippen molar-refractivity contribution in [2.24, 2.45) is 0 Å². The van der Waals surface area contributed by atoms with Gasteiger partial charge in [-0.3, -0.25) is 20.2 Å². The fourth-order valence-electron chi connectivity index (χ4n) is 2.64. The molecular weight excluding hydrogens is 404 g/mol. The molecule has 9 heteroatoms. The maximum atomic E-state index is 10.7. The molecule has 3 rings (SSSR count). The van der Waals surface area contributed by atoms with Crippen LogP contribution in [-0.4, -0.2) is 26.3 Å². The van der Waals surface area contributed by atoms with Gasteiger partial charge in [-0.1, -0.05) is 24.3 Å². The second kappa shape index (κ2) is 8.43. The Morgan fingerprint density at radius 3 is 1.38 bits per heavy atom. The summed E-state index contributed by atoms with van der Waals surface area (Å²) in [7, 11) is 0. The van der Waals surface area contributed by atoms with Crippen LogP contribution in [0, 0.1) is 20.2 Å². The van der Waals surface area contributed by atoms with Gasteiger partial charge in [0.25, 0.3) is 11.4 Å². The van der Waals surface area contributed by atoms with Crippen molar-refractivity contribution in [1.29, 1.82) is 0 Å². The summed E-state index contributed by atoms with van der Waals surface area (Å²) in [4.78, 5) is 24.7. The van der Waals surface area contributed by atoms with Crippen LogP contribution in [0.25, 0.3) is 0 Å². The van der Waals surface area contributed by atoms with Crippen LogP contribution in [0.5, 0.6) is 0 Å². The van der Waals surface area contributed by atoms with Gasteiger partial charge in [0.2, 0.25) is 0 Å². The van der Waals surface area contributed by atoms with Crippen LogP contribution in [0.2, 0.25) is 0 Å². The lowest BCUT2D eigenvalue weighted by Gasteiger charge is -2.21. The minimum atomic E-state index is -0.411. The van der Waals surface area contributed by atoms with E-state index in [9.17, 15) is 20.2 Å². The van der Waals surface area contributed by atoms with Gasteiger partial charge in [-0.05, 0) is 11.1 Å². The minimum Gasteiger partial charge on any atom is -0.354 e. The topological polar surface area (TPSA) is 92.8 Å². The van der Waals surface area contributed by atoms with Crippen LogP contribution in [0.1, 0.15) is 11.1 Å². The first-order chi connectivity index (χ1) is 12.0. The summed E-state index contributed by atoms with van der Waals surface area (Å²) >= 11 is 0. The number of non-ortho nitro benzene ring substituents is 2. The average Bonchev–Trinajstić information content (AvgIpc) is 3.02. The number of nitrogens with zero attached hydrogens (tertiary/aromatic N) is 4. The highest BCUT2D eigenvalue weighted by Crippen LogP contribution is 2.18. The Kier molecular flexibility index (Phi) is 6.29. The first-order valence-electron chi connectivity index (χ1n) is 7.64. The SMILES string of the molecule is Br.O=[N+]([O-])c1ccc(CN2C=CN(Cc3ccc([N+](=O)[O-])cc3)C2)cc1. The van der Waals surface area contributed by atoms with E-state index in [0.29, 0.717) is 19.8 Å². The average molecular weight is 421 g/mol. The largest absolute Gasteiger partial charge is 0.354 e. The fraction of sp³-hybridized carbons (Fsp3) is 0.176. The normalized spacial score (nSPS) is 12.8. The Morgan fingerprint density at radius 1 is 0.731 bits per heavy atom. The number of hydrogen-bond donors (Lipinski definition) is 0. The zero-order valence-corrected chi connectivity index (χ0v) is 15.4. The third-order valence-corrected chi connectivity index (χ3v) is 3.92. The maximum Gasteiger partial charge on any atom is 0.269 e. The Balaban J connectivity index is 0.00000243. The first kappa shape index (κ1) is 19.4. The van der Waals surface area contributed by atoms with Crippen LogP contribution in [0.4, 0.5) is 11.4 Å². The molecule has 0 fully saturated rings. The summed E-state index contributed by atoms with van der Waals surface area (Å²) in [5.74, 6) is 0. The molecule has 0 atom stereocenters. The van der Waals surface area contributed by atoms with Gasteiger partial charge in [-0.25, -0.2) is 0 Å². The van der Waals surface area contributed by atoms with Gasteiger partial charge in [0.1, 0.15) is 0 Å². The van der Waals surface area contributed by atoms with Gasteiger partial charge in [0.15, 0.2) is 0 Å². The Bertz CT molecular complexity index is 741. The molecule has 0 unspecified atom stereocenters. The van der Waals surface area contributed by atoms with E-state index in [1.807, 2.05) is 12.4 Å². The van der Waals surface area contributed by atoms with Crippen molar-refractivity contribution in [2.75, 3.05) is 6.67 Å². The smallest absolute Gasteiger partial charge is 0.269 e. The van der Waals surface area contributed by atoms with Crippen molar-refractivity contribution in [3.63, 3.8) is 0 Å². The number of halogens is 1. The van der Waals surface area contributed by atoms with E-state index in [1.165, 1.54) is 24.3 Å². The third kappa shape index (κ3) is 4.79. The molecule has 136 valence electrons. The van der Waals surface area contributed by atoms with Crippen LogP contribution in [-0.2, 0) is 13.1 Å². The third-order valence-electron chi connectivity index (χ3n) is 3.92. The van der Waals surface area contributed by atoms with E-state index in [4.69, 9.17) is 0 Å². The predicted octanol–water partition coefficient (Wildman–Crippen LogP) is 3.83. The second-order valence-electron chi connectivity index (χ2n) is 5.78. The molecular formula is C17H17BrN4O4. The molecule has 0 amide bonds. The first-order valence-corrected chi connectivity index (χ1v) is 7.64. The van der Waals surface area contributed by atoms with E-state index in [-0.39, 0.29) is 28.4 Å². The molecule has 2 aromatic rings. The lowest BCUT2D eigenvalue weighted by atomic mass is 10.2. The molecule has 0 radical (unpaired) electrons. The lowest BCUT2D eigenvalue weighted by Crippen LogP contribution is -2.24. The Hall–Kier alpha value is -2.94. The van der Waals surface area contributed by atoms with Crippen molar-refractivity contribution in [3.05, 3.63) is 92.3 Å². The number of hydrogen-bond acceptors (Lipinski definition) is 6. The molecule has 0 N–H and O–H groups in total. The highest BCUT2D eigenvalue weighted by molar-refractivity contribution is 8.93. The van der Waals surface area contributed by atoms with Crippen molar-refractivity contribution >= 4 is 28.4 Å². The number of rotatable bonds is 6. The van der Waals surface area contributed by atoms with E-state index in [1.54, 1.807) is 24.3 Å². The van der Waals surface area contributed by atoms with Crippen LogP contribution in [0.3, 0.4) is 0 Å². The summed E-state index contributed by atoms with van der Waals surface area (Å²) in [6.07, 6.45) is 3.93. The summed E-state index contributed by atoms with van der Waals surface area (Å²) < 4.78 is 0. The lowest BCUT2D eigenvalue weighted by molar-refractivity contribution is -0.385. The van der Waals surface area contributed by atoms with Crippen molar-refractivity contribution in [2.45, 2.75) is 13.1 Å². The van der Waals surface area contributed by atoms with Crippen molar-refractivity contribution in [3.8, 4) is 0 Å². The highest BCUT2D eigenvalue weighted by Gasteiger charge is 2.14. The Labute approximate surface area is 160 Å². The summed E-state index contributed by atoms with van der Waals surface area (Å²) in [5.41, 5.74) is 2.15. The maximum absolute atomic E-state index is 10.7. The Morgan fingerprint density at radius 2 is 1.08 bits per heavy atom. The van der Waals surface area contributed by atoms with Gasteiger partial charge < -0.3 is 9.80 Å². The van der Waals surface area contributed by atoms with E-state index in [0.717, 1.165) is 11.1 Å². The van der Waals surface area contributed by atoms with Gasteiger partial charge in [0, 0.05) is 49.8 Å². The van der Waals surface area contributed by atoms with Crippen LogP contribution >= 0.6 is 17.0 Å². The standard InChI is InChI=1S/C17H16N4O4.BrH/c22-20(23)16-5-1-14(2-6-16)11-18-9-10-19(13-18)12-15-3-7-17(8-4-15)21(24)25;/h1-10H,11-13H2;1H. The molecule has 1 heterocycles. The van der Waals surface area contributed by atoms with Crippen LogP contribution in [0.15, 0.2) is 60.9 Å². The summed E-state index contributed by atoms with van der Waals surface area (Å²) in [6, 6.07) is 13.0. The zero-order valence-electron chi connectivity index (χ0n) is 13.7. The number of nitro benzene ring substituents is 2. The van der Waals surface area contributed by atoms with Gasteiger partial charge >= 0.3 is 0 Å².